The summed E-state index contributed by atoms with van der Waals surface area (Å²) < 4.78 is 1.63. The van der Waals surface area contributed by atoms with Crippen molar-refractivity contribution in [3.8, 4) is 0 Å². The van der Waals surface area contributed by atoms with Gasteiger partial charge in [-0.05, 0) is 23.8 Å². The number of anilines is 1. The molecule has 8 heteroatoms. The zero-order valence-electron chi connectivity index (χ0n) is 13.9. The van der Waals surface area contributed by atoms with Crippen LogP contribution < -0.4 is 5.32 Å². The highest BCUT2D eigenvalue weighted by atomic mass is 35.5. The second kappa shape index (κ2) is 7.34. The predicted octanol–water partition coefficient (Wildman–Crippen LogP) is 4.43. The molecular formula is C19H13Cl2N5O. The standard InChI is InChI=1S/C19H13Cl2N5O/c20-13-5-3-4-12(18(13)21)11-26-17(8-9-23-26)25-19(27)16-10-22-14-6-1-2-7-15(14)24-16/h1-10H,11H2,(H,25,27). The highest BCUT2D eigenvalue weighted by Gasteiger charge is 2.13. The van der Waals surface area contributed by atoms with Gasteiger partial charge >= 0.3 is 0 Å². The van der Waals surface area contributed by atoms with Gasteiger partial charge in [-0.2, -0.15) is 5.10 Å². The van der Waals surface area contributed by atoms with Crippen LogP contribution in [0.25, 0.3) is 11.0 Å². The minimum absolute atomic E-state index is 0.224. The minimum atomic E-state index is -0.368. The number of hydrogen-bond donors (Lipinski definition) is 1. The highest BCUT2D eigenvalue weighted by Crippen LogP contribution is 2.26. The summed E-state index contributed by atoms with van der Waals surface area (Å²) in [7, 11) is 0. The molecule has 6 nitrogen and oxygen atoms in total. The molecular weight excluding hydrogens is 385 g/mol. The third kappa shape index (κ3) is 3.63. The van der Waals surface area contributed by atoms with Crippen LogP contribution in [0.5, 0.6) is 0 Å². The van der Waals surface area contributed by atoms with Crippen LogP contribution in [0.3, 0.4) is 0 Å². The summed E-state index contributed by atoms with van der Waals surface area (Å²) in [4.78, 5) is 21.2. The van der Waals surface area contributed by atoms with Crippen LogP contribution in [-0.4, -0.2) is 25.7 Å². The van der Waals surface area contributed by atoms with E-state index in [0.717, 1.165) is 11.1 Å². The van der Waals surface area contributed by atoms with E-state index in [9.17, 15) is 4.79 Å². The van der Waals surface area contributed by atoms with Crippen LogP contribution in [0.2, 0.25) is 10.0 Å². The molecule has 0 atom stereocenters. The Labute approximate surface area is 164 Å². The van der Waals surface area contributed by atoms with Gasteiger partial charge in [0.1, 0.15) is 11.5 Å². The number of halogens is 2. The van der Waals surface area contributed by atoms with E-state index in [1.54, 1.807) is 23.0 Å². The van der Waals surface area contributed by atoms with E-state index in [-0.39, 0.29) is 11.6 Å². The Balaban J connectivity index is 1.57. The molecule has 0 fully saturated rings. The van der Waals surface area contributed by atoms with Crippen molar-refractivity contribution in [1.29, 1.82) is 0 Å². The average molecular weight is 398 g/mol. The number of carbonyl (C=O) groups is 1. The van der Waals surface area contributed by atoms with Gasteiger partial charge in [0.05, 0.1) is 40.0 Å². The molecule has 0 saturated heterocycles. The monoisotopic (exact) mass is 397 g/mol. The largest absolute Gasteiger partial charge is 0.305 e. The molecule has 2 heterocycles. The van der Waals surface area contributed by atoms with Crippen LogP contribution in [0.4, 0.5) is 5.82 Å². The average Bonchev–Trinajstić information content (AvgIpc) is 3.11. The summed E-state index contributed by atoms with van der Waals surface area (Å²) in [6.45, 7) is 0.366. The summed E-state index contributed by atoms with van der Waals surface area (Å²) in [5.74, 6) is 0.151. The van der Waals surface area contributed by atoms with Crippen molar-refractivity contribution in [1.82, 2.24) is 19.7 Å². The van der Waals surface area contributed by atoms with E-state index >= 15 is 0 Å². The van der Waals surface area contributed by atoms with Crippen LogP contribution in [0, 0.1) is 0 Å². The first-order valence-corrected chi connectivity index (χ1v) is 8.85. The summed E-state index contributed by atoms with van der Waals surface area (Å²) in [5.41, 5.74) is 2.41. The highest BCUT2D eigenvalue weighted by molar-refractivity contribution is 6.42. The number of para-hydroxylation sites is 2. The molecule has 134 valence electrons. The maximum absolute atomic E-state index is 12.6. The van der Waals surface area contributed by atoms with Crippen molar-refractivity contribution < 1.29 is 4.79 Å². The second-order valence-electron chi connectivity index (χ2n) is 5.79. The topological polar surface area (TPSA) is 72.7 Å². The molecule has 1 N–H and O–H groups in total. The summed E-state index contributed by atoms with van der Waals surface area (Å²) in [5, 5.41) is 7.99. The third-order valence-electron chi connectivity index (χ3n) is 3.99. The lowest BCUT2D eigenvalue weighted by molar-refractivity contribution is 0.102. The molecule has 4 rings (SSSR count). The van der Waals surface area contributed by atoms with Crippen molar-refractivity contribution >= 4 is 46.0 Å². The van der Waals surface area contributed by atoms with Gasteiger partial charge in [-0.1, -0.05) is 47.5 Å². The zero-order chi connectivity index (χ0) is 18.8. The van der Waals surface area contributed by atoms with Gasteiger partial charge in [0.2, 0.25) is 0 Å². The number of benzene rings is 2. The molecule has 27 heavy (non-hydrogen) atoms. The van der Waals surface area contributed by atoms with Gasteiger partial charge in [-0.3, -0.25) is 9.78 Å². The number of aromatic nitrogens is 4. The quantitative estimate of drug-likeness (QED) is 0.552. The van der Waals surface area contributed by atoms with Crippen molar-refractivity contribution in [2.75, 3.05) is 5.32 Å². The smallest absolute Gasteiger partial charge is 0.277 e. The molecule has 4 aromatic rings. The third-order valence-corrected chi connectivity index (χ3v) is 4.85. The molecule has 0 aliphatic carbocycles. The van der Waals surface area contributed by atoms with E-state index in [2.05, 4.69) is 20.4 Å². The van der Waals surface area contributed by atoms with Crippen LogP contribution in [0.15, 0.2) is 60.9 Å². The summed E-state index contributed by atoms with van der Waals surface area (Å²) >= 11 is 12.3. The predicted molar refractivity (Wildman–Crippen MR) is 105 cm³/mol. The van der Waals surface area contributed by atoms with Crippen molar-refractivity contribution in [2.24, 2.45) is 0 Å². The van der Waals surface area contributed by atoms with Gasteiger partial charge in [-0.25, -0.2) is 9.67 Å². The number of rotatable bonds is 4. The van der Waals surface area contributed by atoms with E-state index in [1.807, 2.05) is 36.4 Å². The first-order chi connectivity index (χ1) is 13.1. The van der Waals surface area contributed by atoms with E-state index < -0.39 is 0 Å². The molecule has 0 aliphatic rings. The lowest BCUT2D eigenvalue weighted by Gasteiger charge is -2.10. The Morgan fingerprint density at radius 2 is 1.85 bits per heavy atom. The number of amides is 1. The fraction of sp³-hybridized carbons (Fsp3) is 0.0526. The van der Waals surface area contributed by atoms with Gasteiger partial charge in [0, 0.05) is 6.07 Å². The SMILES string of the molecule is O=C(Nc1ccnn1Cc1cccc(Cl)c1Cl)c1cnc2ccccc2n1. The second-order valence-corrected chi connectivity index (χ2v) is 6.57. The summed E-state index contributed by atoms with van der Waals surface area (Å²) in [6.07, 6.45) is 3.05. The maximum atomic E-state index is 12.6. The summed E-state index contributed by atoms with van der Waals surface area (Å²) in [6, 6.07) is 14.5. The Hall–Kier alpha value is -2.96. The molecule has 2 aromatic heterocycles. The number of carbonyl (C=O) groups excluding carboxylic acids is 1. The van der Waals surface area contributed by atoms with E-state index in [1.165, 1.54) is 6.20 Å². The number of hydrogen-bond acceptors (Lipinski definition) is 4. The Morgan fingerprint density at radius 3 is 2.70 bits per heavy atom. The van der Waals surface area contributed by atoms with Crippen molar-refractivity contribution in [2.45, 2.75) is 6.54 Å². The molecule has 0 bridgehead atoms. The van der Waals surface area contributed by atoms with Crippen molar-refractivity contribution in [3.05, 3.63) is 82.2 Å². The molecule has 0 saturated carbocycles. The molecule has 2 aromatic carbocycles. The Kier molecular flexibility index (Phi) is 4.75. The number of fused-ring (bicyclic) bond motifs is 1. The van der Waals surface area contributed by atoms with Gasteiger partial charge in [-0.15, -0.1) is 0 Å². The lowest BCUT2D eigenvalue weighted by atomic mass is 10.2. The fourth-order valence-electron chi connectivity index (χ4n) is 2.64. The fourth-order valence-corrected chi connectivity index (χ4v) is 3.02. The molecule has 0 unspecified atom stereocenters. The van der Waals surface area contributed by atoms with Gasteiger partial charge < -0.3 is 5.32 Å². The first kappa shape index (κ1) is 17.5. The number of nitrogens with zero attached hydrogens (tertiary/aromatic N) is 4. The number of nitrogens with one attached hydrogen (secondary N) is 1. The van der Waals surface area contributed by atoms with Gasteiger partial charge in [0.25, 0.3) is 5.91 Å². The molecule has 1 amide bonds. The minimum Gasteiger partial charge on any atom is -0.305 e. The molecule has 0 radical (unpaired) electrons. The normalized spacial score (nSPS) is 10.9. The van der Waals surface area contributed by atoms with Crippen LogP contribution in [-0.2, 0) is 6.54 Å². The Morgan fingerprint density at radius 1 is 1.04 bits per heavy atom. The van der Waals surface area contributed by atoms with E-state index in [4.69, 9.17) is 23.2 Å². The van der Waals surface area contributed by atoms with Crippen molar-refractivity contribution in [3.63, 3.8) is 0 Å². The maximum Gasteiger partial charge on any atom is 0.277 e. The zero-order valence-corrected chi connectivity index (χ0v) is 15.4. The van der Waals surface area contributed by atoms with Crippen LogP contribution >= 0.6 is 23.2 Å². The lowest BCUT2D eigenvalue weighted by Crippen LogP contribution is -2.17. The van der Waals surface area contributed by atoms with Crippen LogP contribution in [0.1, 0.15) is 16.1 Å². The Bertz CT molecular complexity index is 1140. The first-order valence-electron chi connectivity index (χ1n) is 8.09. The molecule has 0 spiro atoms. The molecule has 0 aliphatic heterocycles. The van der Waals surface area contributed by atoms with E-state index in [0.29, 0.717) is 27.9 Å². The van der Waals surface area contributed by atoms with Gasteiger partial charge in [0.15, 0.2) is 0 Å².